The van der Waals surface area contributed by atoms with Gasteiger partial charge in [0, 0.05) is 56.1 Å². The SMILES string of the molecule is COc1ccc(-c2nc(N3CCOCC3)cc3c2CN(Cc2cnn(C)c2)C3=O)cc1OC. The number of benzene rings is 1. The van der Waals surface area contributed by atoms with Crippen molar-refractivity contribution in [1.29, 1.82) is 0 Å². The van der Waals surface area contributed by atoms with Gasteiger partial charge in [-0.2, -0.15) is 5.10 Å². The first kappa shape index (κ1) is 21.3. The Kier molecular flexibility index (Phi) is 5.63. The molecule has 4 heterocycles. The summed E-state index contributed by atoms with van der Waals surface area (Å²) in [6.07, 6.45) is 3.73. The third-order valence-corrected chi connectivity index (χ3v) is 6.10. The van der Waals surface area contributed by atoms with Crippen molar-refractivity contribution in [2.24, 2.45) is 7.05 Å². The minimum absolute atomic E-state index is 0.00693. The number of hydrogen-bond donors (Lipinski definition) is 0. The number of methoxy groups -OCH3 is 2. The lowest BCUT2D eigenvalue weighted by atomic mass is 10.0. The lowest BCUT2D eigenvalue weighted by molar-refractivity contribution is 0.0766. The Balaban J connectivity index is 1.58. The molecule has 9 heteroatoms. The highest BCUT2D eigenvalue weighted by molar-refractivity contribution is 6.01. The molecule has 1 saturated heterocycles. The van der Waals surface area contributed by atoms with Gasteiger partial charge in [0.05, 0.1) is 44.9 Å². The highest BCUT2D eigenvalue weighted by Gasteiger charge is 2.32. The molecule has 0 bridgehead atoms. The van der Waals surface area contributed by atoms with Gasteiger partial charge < -0.3 is 24.0 Å². The quantitative estimate of drug-likeness (QED) is 0.572. The van der Waals surface area contributed by atoms with Crippen LogP contribution >= 0.6 is 0 Å². The average Bonchev–Trinajstić information content (AvgIpc) is 3.41. The monoisotopic (exact) mass is 449 g/mol. The Bertz CT molecular complexity index is 1190. The van der Waals surface area contributed by atoms with Crippen molar-refractivity contribution in [3.63, 3.8) is 0 Å². The van der Waals surface area contributed by atoms with Gasteiger partial charge in [0.25, 0.3) is 5.91 Å². The van der Waals surface area contributed by atoms with Gasteiger partial charge in [-0.05, 0) is 24.3 Å². The van der Waals surface area contributed by atoms with Crippen LogP contribution in [-0.2, 0) is 24.9 Å². The average molecular weight is 450 g/mol. The second kappa shape index (κ2) is 8.74. The fourth-order valence-corrected chi connectivity index (χ4v) is 4.42. The number of aryl methyl sites for hydroxylation is 1. The van der Waals surface area contributed by atoms with E-state index in [9.17, 15) is 4.79 Å². The van der Waals surface area contributed by atoms with Crippen LogP contribution in [0.5, 0.6) is 11.5 Å². The summed E-state index contributed by atoms with van der Waals surface area (Å²) in [5.41, 5.74) is 4.29. The smallest absolute Gasteiger partial charge is 0.255 e. The molecule has 2 aliphatic rings. The number of carbonyl (C=O) groups excluding carboxylic acids is 1. The summed E-state index contributed by atoms with van der Waals surface area (Å²) in [5.74, 6) is 2.07. The summed E-state index contributed by atoms with van der Waals surface area (Å²) >= 11 is 0. The normalized spacial score (nSPS) is 15.7. The number of nitrogens with zero attached hydrogens (tertiary/aromatic N) is 5. The van der Waals surface area contributed by atoms with Gasteiger partial charge in [-0.3, -0.25) is 9.48 Å². The molecular weight excluding hydrogens is 422 g/mol. The molecule has 0 unspecified atom stereocenters. The molecule has 1 aromatic carbocycles. The summed E-state index contributed by atoms with van der Waals surface area (Å²) in [7, 11) is 5.10. The maximum Gasteiger partial charge on any atom is 0.255 e. The van der Waals surface area contributed by atoms with Gasteiger partial charge in [-0.15, -0.1) is 0 Å². The van der Waals surface area contributed by atoms with E-state index >= 15 is 0 Å². The minimum atomic E-state index is 0.00693. The summed E-state index contributed by atoms with van der Waals surface area (Å²) in [4.78, 5) is 22.5. The minimum Gasteiger partial charge on any atom is -0.493 e. The van der Waals surface area contributed by atoms with E-state index in [0.717, 1.165) is 41.3 Å². The molecule has 33 heavy (non-hydrogen) atoms. The molecule has 2 aliphatic heterocycles. The number of anilines is 1. The topological polar surface area (TPSA) is 82.0 Å². The number of hydrogen-bond acceptors (Lipinski definition) is 7. The van der Waals surface area contributed by atoms with E-state index in [1.807, 2.05) is 42.4 Å². The van der Waals surface area contributed by atoms with Crippen LogP contribution in [0.15, 0.2) is 36.7 Å². The lowest BCUT2D eigenvalue weighted by Gasteiger charge is -2.28. The van der Waals surface area contributed by atoms with Gasteiger partial charge in [-0.1, -0.05) is 0 Å². The van der Waals surface area contributed by atoms with Crippen LogP contribution in [0, 0.1) is 0 Å². The summed E-state index contributed by atoms with van der Waals surface area (Å²) < 4.78 is 18.2. The van der Waals surface area contributed by atoms with Crippen molar-refractivity contribution < 1.29 is 19.0 Å². The number of aromatic nitrogens is 3. The molecule has 0 saturated carbocycles. The Hall–Kier alpha value is -3.59. The highest BCUT2D eigenvalue weighted by atomic mass is 16.5. The highest BCUT2D eigenvalue weighted by Crippen LogP contribution is 2.38. The van der Waals surface area contributed by atoms with Gasteiger partial charge in [-0.25, -0.2) is 4.98 Å². The predicted molar refractivity (Wildman–Crippen MR) is 123 cm³/mol. The maximum absolute atomic E-state index is 13.4. The number of amides is 1. The maximum atomic E-state index is 13.4. The molecule has 172 valence electrons. The van der Waals surface area contributed by atoms with Crippen LogP contribution in [0.2, 0.25) is 0 Å². The standard InChI is InChI=1S/C24H27N5O4/c1-27-13-16(12-25-27)14-29-15-19-18(24(29)30)11-22(28-6-8-33-9-7-28)26-23(19)17-4-5-20(31-2)21(10-17)32-3/h4-5,10-13H,6-9,14-15H2,1-3H3. The first-order valence-corrected chi connectivity index (χ1v) is 10.9. The number of rotatable bonds is 6. The van der Waals surface area contributed by atoms with E-state index in [4.69, 9.17) is 19.2 Å². The molecule has 3 aromatic rings. The van der Waals surface area contributed by atoms with Gasteiger partial charge in [0.1, 0.15) is 5.82 Å². The van der Waals surface area contributed by atoms with Crippen LogP contribution < -0.4 is 14.4 Å². The van der Waals surface area contributed by atoms with Crippen LogP contribution in [0.4, 0.5) is 5.82 Å². The zero-order valence-electron chi connectivity index (χ0n) is 19.1. The van der Waals surface area contributed by atoms with Crippen LogP contribution in [0.1, 0.15) is 21.5 Å². The summed E-state index contributed by atoms with van der Waals surface area (Å²) in [5, 5.41) is 4.23. The largest absolute Gasteiger partial charge is 0.493 e. The zero-order chi connectivity index (χ0) is 22.9. The second-order valence-corrected chi connectivity index (χ2v) is 8.21. The molecule has 9 nitrogen and oxygen atoms in total. The van der Waals surface area contributed by atoms with E-state index in [-0.39, 0.29) is 5.91 Å². The van der Waals surface area contributed by atoms with E-state index in [1.165, 1.54) is 0 Å². The second-order valence-electron chi connectivity index (χ2n) is 8.21. The molecule has 1 fully saturated rings. The fourth-order valence-electron chi connectivity index (χ4n) is 4.42. The summed E-state index contributed by atoms with van der Waals surface area (Å²) in [6, 6.07) is 7.67. The van der Waals surface area contributed by atoms with Crippen molar-refractivity contribution in [3.05, 3.63) is 53.3 Å². The molecule has 5 rings (SSSR count). The predicted octanol–water partition coefficient (Wildman–Crippen LogP) is 2.49. The Morgan fingerprint density at radius 2 is 1.88 bits per heavy atom. The Morgan fingerprint density at radius 3 is 2.58 bits per heavy atom. The molecule has 0 N–H and O–H groups in total. The van der Waals surface area contributed by atoms with Crippen LogP contribution in [0.3, 0.4) is 0 Å². The van der Waals surface area contributed by atoms with Gasteiger partial charge in [0.2, 0.25) is 0 Å². The summed E-state index contributed by atoms with van der Waals surface area (Å²) in [6.45, 7) is 3.76. The molecule has 1 amide bonds. The van der Waals surface area contributed by atoms with E-state index in [1.54, 1.807) is 25.1 Å². The molecule has 0 spiro atoms. The Morgan fingerprint density at radius 1 is 1.09 bits per heavy atom. The fraction of sp³-hybridized carbons (Fsp3) is 0.375. The van der Waals surface area contributed by atoms with Crippen LogP contribution in [-0.4, -0.2) is 66.1 Å². The van der Waals surface area contributed by atoms with E-state index < -0.39 is 0 Å². The number of ether oxygens (including phenoxy) is 3. The van der Waals surface area contributed by atoms with Crippen LogP contribution in [0.25, 0.3) is 11.3 Å². The number of morpholine rings is 1. The molecule has 0 radical (unpaired) electrons. The van der Waals surface area contributed by atoms with Crippen molar-refractivity contribution in [1.82, 2.24) is 19.7 Å². The third-order valence-electron chi connectivity index (χ3n) is 6.10. The van der Waals surface area contributed by atoms with Gasteiger partial charge >= 0.3 is 0 Å². The van der Waals surface area contributed by atoms with Gasteiger partial charge in [0.15, 0.2) is 11.5 Å². The Labute approximate surface area is 192 Å². The zero-order valence-corrected chi connectivity index (χ0v) is 19.1. The lowest BCUT2D eigenvalue weighted by Crippen LogP contribution is -2.37. The van der Waals surface area contributed by atoms with Crippen molar-refractivity contribution in [2.75, 3.05) is 45.4 Å². The first-order chi connectivity index (χ1) is 16.1. The first-order valence-electron chi connectivity index (χ1n) is 10.9. The number of pyridine rings is 1. The van der Waals surface area contributed by atoms with Crippen molar-refractivity contribution in [3.8, 4) is 22.8 Å². The molecule has 2 aromatic heterocycles. The number of carbonyl (C=O) groups is 1. The third kappa shape index (κ3) is 4.00. The van der Waals surface area contributed by atoms with Crippen molar-refractivity contribution >= 4 is 11.7 Å². The van der Waals surface area contributed by atoms with E-state index in [2.05, 4.69) is 10.00 Å². The van der Waals surface area contributed by atoms with Crippen molar-refractivity contribution in [2.45, 2.75) is 13.1 Å². The molecule has 0 atom stereocenters. The molecule has 0 aliphatic carbocycles. The molecular formula is C24H27N5O4. The van der Waals surface area contributed by atoms with E-state index in [0.29, 0.717) is 43.4 Å². The number of fused-ring (bicyclic) bond motifs is 1.